The van der Waals surface area contributed by atoms with Crippen LogP contribution in [0, 0.1) is 19.8 Å². The lowest BCUT2D eigenvalue weighted by molar-refractivity contribution is -0.120. The van der Waals surface area contributed by atoms with E-state index in [1.807, 2.05) is 26.0 Å². The fraction of sp³-hybridized carbons (Fsp3) is 0.350. The molecule has 0 spiro atoms. The molecule has 28 heavy (non-hydrogen) atoms. The fourth-order valence-electron chi connectivity index (χ4n) is 3.23. The average molecular weight is 424 g/mol. The minimum atomic E-state index is -3.53. The third-order valence-corrected chi connectivity index (χ3v) is 7.05. The zero-order valence-electron chi connectivity index (χ0n) is 16.0. The van der Waals surface area contributed by atoms with E-state index >= 15 is 0 Å². The summed E-state index contributed by atoms with van der Waals surface area (Å²) in [5, 5.41) is 2.85. The fourth-order valence-corrected chi connectivity index (χ4v) is 4.78. The van der Waals surface area contributed by atoms with E-state index in [1.54, 1.807) is 30.3 Å². The number of nitrogens with zero attached hydrogens (tertiary/aromatic N) is 1. The molecule has 0 radical (unpaired) electrons. The van der Waals surface area contributed by atoms with E-state index in [1.165, 1.54) is 4.31 Å². The number of carbonyl (C=O) groups is 1. The summed E-state index contributed by atoms with van der Waals surface area (Å²) < 4.78 is 27.2. The van der Waals surface area contributed by atoms with Crippen molar-refractivity contribution in [2.45, 2.75) is 31.6 Å². The third-order valence-electron chi connectivity index (χ3n) is 5.16. The van der Waals surface area contributed by atoms with Gasteiger partial charge >= 0.3 is 0 Å². The second-order valence-electron chi connectivity index (χ2n) is 7.00. The number of hydrogen-bond donors (Lipinski definition) is 2. The monoisotopic (exact) mass is 423 g/mol. The lowest BCUT2D eigenvalue weighted by Crippen LogP contribution is -2.41. The molecular formula is C20H26ClN3O3S. The van der Waals surface area contributed by atoms with Crippen LogP contribution in [-0.2, 0) is 14.8 Å². The molecule has 3 rings (SSSR count). The standard InChI is InChI=1S/C20H25N3O3S.ClH/c1-14-7-8-17(13-15(14)2)27(25,26)23-11-9-16(10-12-23)20(24)22-19-6-4-3-5-18(19)21;/h3-8,13,16H,9-12,21H2,1-2H3,(H,22,24);1H. The van der Waals surface area contributed by atoms with Gasteiger partial charge in [-0.05, 0) is 62.1 Å². The van der Waals surface area contributed by atoms with E-state index < -0.39 is 10.0 Å². The predicted molar refractivity (Wildman–Crippen MR) is 114 cm³/mol. The Bertz CT molecular complexity index is 955. The molecule has 1 aliphatic rings. The number of sulfonamides is 1. The lowest BCUT2D eigenvalue weighted by atomic mass is 9.97. The topological polar surface area (TPSA) is 92.5 Å². The van der Waals surface area contributed by atoms with E-state index in [0.29, 0.717) is 42.2 Å². The van der Waals surface area contributed by atoms with Gasteiger partial charge in [-0.2, -0.15) is 4.31 Å². The zero-order chi connectivity index (χ0) is 19.6. The minimum absolute atomic E-state index is 0. The maximum Gasteiger partial charge on any atom is 0.243 e. The van der Waals surface area contributed by atoms with Crippen molar-refractivity contribution >= 4 is 39.7 Å². The first-order chi connectivity index (χ1) is 12.8. The molecule has 0 unspecified atom stereocenters. The quantitative estimate of drug-likeness (QED) is 0.737. The normalized spacial score (nSPS) is 15.6. The van der Waals surface area contributed by atoms with Gasteiger partial charge < -0.3 is 11.1 Å². The van der Waals surface area contributed by atoms with E-state index in [-0.39, 0.29) is 24.2 Å². The van der Waals surface area contributed by atoms with Crippen LogP contribution in [0.4, 0.5) is 11.4 Å². The van der Waals surface area contributed by atoms with Crippen molar-refractivity contribution < 1.29 is 13.2 Å². The van der Waals surface area contributed by atoms with E-state index in [0.717, 1.165) is 11.1 Å². The number of hydrogen-bond acceptors (Lipinski definition) is 4. The number of amides is 1. The van der Waals surface area contributed by atoms with Gasteiger partial charge in [0.25, 0.3) is 0 Å². The highest BCUT2D eigenvalue weighted by atomic mass is 35.5. The molecule has 0 aliphatic carbocycles. The minimum Gasteiger partial charge on any atom is -0.397 e. The Morgan fingerprint density at radius 2 is 1.71 bits per heavy atom. The molecule has 0 aromatic heterocycles. The number of nitrogen functional groups attached to an aromatic ring is 1. The van der Waals surface area contributed by atoms with Crippen molar-refractivity contribution in [2.24, 2.45) is 5.92 Å². The van der Waals surface area contributed by atoms with Crippen LogP contribution in [0.5, 0.6) is 0 Å². The molecule has 8 heteroatoms. The van der Waals surface area contributed by atoms with Crippen LogP contribution < -0.4 is 11.1 Å². The highest BCUT2D eigenvalue weighted by molar-refractivity contribution is 7.89. The van der Waals surface area contributed by atoms with Crippen molar-refractivity contribution in [1.29, 1.82) is 0 Å². The van der Waals surface area contributed by atoms with Crippen molar-refractivity contribution in [3.8, 4) is 0 Å². The van der Waals surface area contributed by atoms with Crippen LogP contribution in [0.3, 0.4) is 0 Å². The first-order valence-electron chi connectivity index (χ1n) is 9.02. The van der Waals surface area contributed by atoms with Gasteiger partial charge in [0.05, 0.1) is 16.3 Å². The summed E-state index contributed by atoms with van der Waals surface area (Å²) in [5.74, 6) is -0.341. The molecule has 1 amide bonds. The van der Waals surface area contributed by atoms with Gasteiger partial charge in [0.2, 0.25) is 15.9 Å². The van der Waals surface area contributed by atoms with Crippen molar-refractivity contribution in [1.82, 2.24) is 4.31 Å². The Labute approximate surface area is 172 Å². The predicted octanol–water partition coefficient (Wildman–Crippen LogP) is 3.35. The number of halogens is 1. The molecule has 3 N–H and O–H groups in total. The second-order valence-corrected chi connectivity index (χ2v) is 8.94. The molecule has 6 nitrogen and oxygen atoms in total. The molecular weight excluding hydrogens is 398 g/mol. The maximum atomic E-state index is 12.9. The molecule has 152 valence electrons. The summed E-state index contributed by atoms with van der Waals surface area (Å²) in [6, 6.07) is 12.3. The van der Waals surface area contributed by atoms with Gasteiger partial charge in [0.1, 0.15) is 0 Å². The zero-order valence-corrected chi connectivity index (χ0v) is 17.6. The van der Waals surface area contributed by atoms with E-state index in [4.69, 9.17) is 5.73 Å². The lowest BCUT2D eigenvalue weighted by Gasteiger charge is -2.30. The van der Waals surface area contributed by atoms with E-state index in [9.17, 15) is 13.2 Å². The number of piperidine rings is 1. The summed E-state index contributed by atoms with van der Waals surface area (Å²) >= 11 is 0. The first-order valence-corrected chi connectivity index (χ1v) is 10.5. The highest BCUT2D eigenvalue weighted by Crippen LogP contribution is 2.26. The number of rotatable bonds is 4. The Morgan fingerprint density at radius 1 is 1.07 bits per heavy atom. The summed E-state index contributed by atoms with van der Waals surface area (Å²) in [7, 11) is -3.53. The van der Waals surface area contributed by atoms with Crippen molar-refractivity contribution in [3.63, 3.8) is 0 Å². The summed E-state index contributed by atoms with van der Waals surface area (Å²) in [4.78, 5) is 12.8. The molecule has 0 saturated carbocycles. The summed E-state index contributed by atoms with van der Waals surface area (Å²) in [6.45, 7) is 4.52. The van der Waals surface area contributed by atoms with Gasteiger partial charge in [-0.25, -0.2) is 8.42 Å². The molecule has 2 aromatic carbocycles. The Hall–Kier alpha value is -2.09. The molecule has 0 atom stereocenters. The maximum absolute atomic E-state index is 12.9. The molecule has 1 fully saturated rings. The van der Waals surface area contributed by atoms with Gasteiger partial charge in [-0.1, -0.05) is 18.2 Å². The Balaban J connectivity index is 0.00000280. The molecule has 2 aromatic rings. The van der Waals surface area contributed by atoms with Crippen LogP contribution in [0.15, 0.2) is 47.4 Å². The van der Waals surface area contributed by atoms with Gasteiger partial charge in [-0.3, -0.25) is 4.79 Å². The Morgan fingerprint density at radius 3 is 2.32 bits per heavy atom. The van der Waals surface area contributed by atoms with Crippen LogP contribution in [0.1, 0.15) is 24.0 Å². The summed E-state index contributed by atoms with van der Waals surface area (Å²) in [6.07, 6.45) is 0.977. The number of anilines is 2. The average Bonchev–Trinajstić information content (AvgIpc) is 2.65. The molecule has 1 heterocycles. The van der Waals surface area contributed by atoms with Gasteiger partial charge in [0, 0.05) is 19.0 Å². The number of para-hydroxylation sites is 2. The molecule has 0 bridgehead atoms. The number of nitrogens with one attached hydrogen (secondary N) is 1. The van der Waals surface area contributed by atoms with E-state index in [2.05, 4.69) is 5.32 Å². The third kappa shape index (κ3) is 4.66. The smallest absolute Gasteiger partial charge is 0.243 e. The van der Waals surface area contributed by atoms with Gasteiger partial charge in [-0.15, -0.1) is 12.4 Å². The SMILES string of the molecule is Cc1ccc(S(=O)(=O)N2CCC(C(=O)Nc3ccccc3N)CC2)cc1C.Cl. The summed E-state index contributed by atoms with van der Waals surface area (Å²) in [5.41, 5.74) is 8.98. The second kappa shape index (κ2) is 8.94. The van der Waals surface area contributed by atoms with Crippen molar-refractivity contribution in [3.05, 3.63) is 53.6 Å². The van der Waals surface area contributed by atoms with Crippen molar-refractivity contribution in [2.75, 3.05) is 24.1 Å². The highest BCUT2D eigenvalue weighted by Gasteiger charge is 2.32. The van der Waals surface area contributed by atoms with Crippen LogP contribution in [0.2, 0.25) is 0 Å². The molecule has 1 saturated heterocycles. The van der Waals surface area contributed by atoms with Gasteiger partial charge in [0.15, 0.2) is 0 Å². The number of nitrogens with two attached hydrogens (primary N) is 1. The first kappa shape index (κ1) is 22.2. The van der Waals surface area contributed by atoms with Crippen LogP contribution in [0.25, 0.3) is 0 Å². The largest absolute Gasteiger partial charge is 0.397 e. The Kier molecular flexibility index (Phi) is 7.09. The molecule has 1 aliphatic heterocycles. The van der Waals surface area contributed by atoms with Crippen LogP contribution in [-0.4, -0.2) is 31.7 Å². The number of carbonyl (C=O) groups excluding carboxylic acids is 1. The van der Waals surface area contributed by atoms with Crippen LogP contribution >= 0.6 is 12.4 Å². The number of benzene rings is 2. The number of aryl methyl sites for hydroxylation is 2.